The number of nitrogens with zero attached hydrogens (tertiary/aromatic N) is 5. The minimum atomic E-state index is -0.282. The highest BCUT2D eigenvalue weighted by Crippen LogP contribution is 2.25. The lowest BCUT2D eigenvalue weighted by atomic mass is 10.0. The van der Waals surface area contributed by atoms with Crippen molar-refractivity contribution in [1.82, 2.24) is 25.4 Å². The molecule has 2 aliphatic rings. The largest absolute Gasteiger partial charge is 0.379 e. The number of aromatic amines is 1. The predicted octanol–water partition coefficient (Wildman–Crippen LogP) is 2.94. The number of allylic oxidation sites excluding steroid dienone is 1. The second-order valence-corrected chi connectivity index (χ2v) is 9.53. The number of benzene rings is 1. The summed E-state index contributed by atoms with van der Waals surface area (Å²) in [5.74, 6) is 0.630. The predicted molar refractivity (Wildman–Crippen MR) is 152 cm³/mol. The van der Waals surface area contributed by atoms with Crippen LogP contribution in [0.4, 0.5) is 11.5 Å². The topological polar surface area (TPSA) is 111 Å². The van der Waals surface area contributed by atoms with Crippen LogP contribution in [0.1, 0.15) is 23.0 Å². The third kappa shape index (κ3) is 6.16. The summed E-state index contributed by atoms with van der Waals surface area (Å²) in [6.45, 7) is 13.5. The SMILES string of the molecule is C=N/C=C(\C=C(/C)c1ccc2[nH]nc(C(=O)Nc3ccc(N4CCNCC4)nc3)c2c1)CN1CCOCC1. The lowest BCUT2D eigenvalue weighted by Gasteiger charge is -2.28. The summed E-state index contributed by atoms with van der Waals surface area (Å²) in [5.41, 5.74) is 4.92. The smallest absolute Gasteiger partial charge is 0.276 e. The lowest BCUT2D eigenvalue weighted by Crippen LogP contribution is -2.43. The molecule has 0 radical (unpaired) electrons. The van der Waals surface area contributed by atoms with Gasteiger partial charge >= 0.3 is 0 Å². The number of amides is 1. The van der Waals surface area contributed by atoms with Gasteiger partial charge in [0, 0.05) is 57.4 Å². The molecule has 0 atom stereocenters. The van der Waals surface area contributed by atoms with Crippen LogP contribution in [0.25, 0.3) is 16.5 Å². The fourth-order valence-electron chi connectivity index (χ4n) is 4.78. The van der Waals surface area contributed by atoms with Crippen LogP contribution in [0.15, 0.2) is 59.4 Å². The molecular weight excluding hydrogens is 480 g/mol. The zero-order valence-corrected chi connectivity index (χ0v) is 21.7. The van der Waals surface area contributed by atoms with Gasteiger partial charge in [0.05, 0.1) is 30.6 Å². The zero-order valence-electron chi connectivity index (χ0n) is 21.7. The van der Waals surface area contributed by atoms with Gasteiger partial charge in [-0.25, -0.2) is 4.98 Å². The Morgan fingerprint density at radius 1 is 1.18 bits per heavy atom. The van der Waals surface area contributed by atoms with E-state index in [-0.39, 0.29) is 5.91 Å². The Morgan fingerprint density at radius 2 is 2.00 bits per heavy atom. The molecule has 2 fully saturated rings. The molecule has 10 heteroatoms. The molecule has 0 saturated carbocycles. The maximum absolute atomic E-state index is 13.1. The number of hydrogen-bond acceptors (Lipinski definition) is 8. The Balaban J connectivity index is 1.31. The highest BCUT2D eigenvalue weighted by molar-refractivity contribution is 6.11. The van der Waals surface area contributed by atoms with Crippen molar-refractivity contribution in [2.24, 2.45) is 4.99 Å². The molecular formula is C28H34N8O2. The third-order valence-corrected chi connectivity index (χ3v) is 6.85. The Kier molecular flexibility index (Phi) is 8.22. The molecule has 3 aromatic rings. The number of anilines is 2. The minimum Gasteiger partial charge on any atom is -0.379 e. The van der Waals surface area contributed by atoms with Crippen molar-refractivity contribution in [3.8, 4) is 0 Å². The van der Waals surface area contributed by atoms with Crippen LogP contribution < -0.4 is 15.5 Å². The highest BCUT2D eigenvalue weighted by atomic mass is 16.5. The van der Waals surface area contributed by atoms with Gasteiger partial charge in [0.1, 0.15) is 5.82 Å². The Hall–Kier alpha value is -3.86. The van der Waals surface area contributed by atoms with Crippen LogP contribution in [-0.4, -0.2) is 91.7 Å². The maximum atomic E-state index is 13.1. The number of aliphatic imine (C=N–C) groups is 1. The number of ether oxygens (including phenoxy) is 1. The second kappa shape index (κ2) is 12.1. The van der Waals surface area contributed by atoms with Gasteiger partial charge in [-0.1, -0.05) is 12.1 Å². The van der Waals surface area contributed by atoms with Crippen molar-refractivity contribution >= 4 is 40.6 Å². The molecule has 4 heterocycles. The van der Waals surface area contributed by atoms with Gasteiger partial charge in [0.15, 0.2) is 5.69 Å². The monoisotopic (exact) mass is 514 g/mol. The summed E-state index contributed by atoms with van der Waals surface area (Å²) in [5, 5.41) is 14.3. The standard InChI is InChI=1S/C28H34N8O2/c1-20(15-21(17-29-2)19-35-11-13-38-14-12-35)22-3-5-25-24(16-22)27(34-33-25)28(37)32-23-4-6-26(31-18-23)36-9-7-30-8-10-36/h3-6,15-18,30H,2,7-14,19H2,1H3,(H,32,37)(H,33,34)/b20-15+,21-17+. The molecule has 1 aromatic carbocycles. The molecule has 10 nitrogen and oxygen atoms in total. The van der Waals surface area contributed by atoms with E-state index in [1.165, 1.54) is 0 Å². The van der Waals surface area contributed by atoms with Gasteiger partial charge in [0.25, 0.3) is 5.91 Å². The summed E-state index contributed by atoms with van der Waals surface area (Å²) < 4.78 is 5.46. The normalized spacial score (nSPS) is 17.6. The van der Waals surface area contributed by atoms with Gasteiger partial charge in [-0.15, -0.1) is 0 Å². The van der Waals surface area contributed by atoms with Crippen molar-refractivity contribution in [2.45, 2.75) is 6.92 Å². The molecule has 1 amide bonds. The first-order valence-corrected chi connectivity index (χ1v) is 13.0. The second-order valence-electron chi connectivity index (χ2n) is 9.53. The van der Waals surface area contributed by atoms with Crippen molar-refractivity contribution in [3.63, 3.8) is 0 Å². The number of aromatic nitrogens is 3. The molecule has 3 N–H and O–H groups in total. The fourth-order valence-corrected chi connectivity index (χ4v) is 4.78. The van der Waals surface area contributed by atoms with Crippen LogP contribution in [0.2, 0.25) is 0 Å². The third-order valence-electron chi connectivity index (χ3n) is 6.85. The van der Waals surface area contributed by atoms with Crippen molar-refractivity contribution in [1.29, 1.82) is 0 Å². The molecule has 0 spiro atoms. The van der Waals surface area contributed by atoms with Crippen LogP contribution in [-0.2, 0) is 4.74 Å². The van der Waals surface area contributed by atoms with Crippen LogP contribution in [0, 0.1) is 0 Å². The lowest BCUT2D eigenvalue weighted by molar-refractivity contribution is 0.0426. The summed E-state index contributed by atoms with van der Waals surface area (Å²) in [6.07, 6.45) is 5.62. The highest BCUT2D eigenvalue weighted by Gasteiger charge is 2.17. The molecule has 0 aliphatic carbocycles. The molecule has 2 aromatic heterocycles. The van der Waals surface area contributed by atoms with E-state index in [0.29, 0.717) is 11.4 Å². The number of piperazine rings is 1. The number of nitrogens with one attached hydrogen (secondary N) is 3. The van der Waals surface area contributed by atoms with Crippen molar-refractivity contribution in [3.05, 3.63) is 65.6 Å². The number of hydrogen-bond donors (Lipinski definition) is 3. The van der Waals surface area contributed by atoms with Gasteiger partial charge in [0.2, 0.25) is 0 Å². The molecule has 2 saturated heterocycles. The van der Waals surface area contributed by atoms with Gasteiger partial charge < -0.3 is 20.3 Å². The van der Waals surface area contributed by atoms with Crippen LogP contribution >= 0.6 is 0 Å². The van der Waals surface area contributed by atoms with E-state index < -0.39 is 0 Å². The molecule has 0 bridgehead atoms. The molecule has 2 aliphatic heterocycles. The van der Waals surface area contributed by atoms with E-state index in [2.05, 4.69) is 60.3 Å². The number of carbonyl (C=O) groups excluding carboxylic acids is 1. The molecule has 198 valence electrons. The van der Waals surface area contributed by atoms with E-state index in [9.17, 15) is 4.79 Å². The zero-order chi connectivity index (χ0) is 26.3. The quantitative estimate of drug-likeness (QED) is 0.313. The Morgan fingerprint density at radius 3 is 2.74 bits per heavy atom. The minimum absolute atomic E-state index is 0.282. The fraction of sp³-hybridized carbons (Fsp3) is 0.357. The van der Waals surface area contributed by atoms with Crippen molar-refractivity contribution in [2.75, 3.05) is 69.2 Å². The number of fused-ring (bicyclic) bond motifs is 1. The molecule has 38 heavy (non-hydrogen) atoms. The van der Waals surface area contributed by atoms with Crippen LogP contribution in [0.5, 0.6) is 0 Å². The first-order chi connectivity index (χ1) is 18.6. The van der Waals surface area contributed by atoms with Gasteiger partial charge in [-0.2, -0.15) is 5.10 Å². The van der Waals surface area contributed by atoms with E-state index in [1.807, 2.05) is 30.3 Å². The first-order valence-electron chi connectivity index (χ1n) is 13.0. The number of morpholine rings is 1. The van der Waals surface area contributed by atoms with Gasteiger partial charge in [-0.3, -0.25) is 19.8 Å². The van der Waals surface area contributed by atoms with E-state index >= 15 is 0 Å². The number of pyridine rings is 1. The van der Waals surface area contributed by atoms with E-state index in [4.69, 9.17) is 4.74 Å². The average Bonchev–Trinajstić information content (AvgIpc) is 3.38. The molecule has 5 rings (SSSR count). The number of H-pyrrole nitrogens is 1. The van der Waals surface area contributed by atoms with Crippen molar-refractivity contribution < 1.29 is 9.53 Å². The van der Waals surface area contributed by atoms with E-state index in [0.717, 1.165) is 92.5 Å². The van der Waals surface area contributed by atoms with Crippen LogP contribution in [0.3, 0.4) is 0 Å². The summed E-state index contributed by atoms with van der Waals surface area (Å²) >= 11 is 0. The summed E-state index contributed by atoms with van der Waals surface area (Å²) in [4.78, 5) is 26.3. The Labute approximate surface area is 222 Å². The Bertz CT molecular complexity index is 1330. The summed E-state index contributed by atoms with van der Waals surface area (Å²) in [6, 6.07) is 9.80. The van der Waals surface area contributed by atoms with Gasteiger partial charge in [-0.05, 0) is 54.6 Å². The summed E-state index contributed by atoms with van der Waals surface area (Å²) in [7, 11) is 0. The molecule has 0 unspecified atom stereocenters. The van der Waals surface area contributed by atoms with E-state index in [1.54, 1.807) is 12.4 Å². The average molecular weight is 515 g/mol. The number of rotatable bonds is 8. The maximum Gasteiger partial charge on any atom is 0.276 e. The number of carbonyl (C=O) groups is 1. The first kappa shape index (κ1) is 25.8.